The van der Waals surface area contributed by atoms with Crippen molar-refractivity contribution in [2.24, 2.45) is 0 Å². The molecule has 0 bridgehead atoms. The minimum atomic E-state index is -8.48. The molecular formula is C22H20F24N2O4. The van der Waals surface area contributed by atoms with Gasteiger partial charge in [-0.1, -0.05) is 12.8 Å². The largest absolute Gasteiger partial charge is 0.465 e. The molecule has 0 aromatic heterocycles. The first-order chi connectivity index (χ1) is 22.6. The van der Waals surface area contributed by atoms with Crippen LogP contribution < -0.4 is 10.6 Å². The number of unbranched alkanes of at least 4 members (excludes halogenated alkanes) is 2. The number of amides is 2. The number of hydrogen-bond donors (Lipinski definition) is 4. The van der Waals surface area contributed by atoms with E-state index < -0.39 is 135 Å². The molecule has 0 atom stereocenters. The summed E-state index contributed by atoms with van der Waals surface area (Å²) < 4.78 is 330. The summed E-state index contributed by atoms with van der Waals surface area (Å²) in [6.45, 7) is -0.767. The summed E-state index contributed by atoms with van der Waals surface area (Å²) >= 11 is 0. The van der Waals surface area contributed by atoms with Gasteiger partial charge in [-0.15, -0.1) is 0 Å². The van der Waals surface area contributed by atoms with Gasteiger partial charge in [0.15, 0.2) is 0 Å². The lowest BCUT2D eigenvalue weighted by molar-refractivity contribution is -0.418. The Hall–Kier alpha value is -3.14. The van der Waals surface area contributed by atoms with E-state index in [9.17, 15) is 115 Å². The van der Waals surface area contributed by atoms with E-state index in [2.05, 4.69) is 0 Å². The van der Waals surface area contributed by atoms with Gasteiger partial charge in [-0.25, -0.2) is 27.2 Å². The highest BCUT2D eigenvalue weighted by molar-refractivity contribution is 5.65. The van der Waals surface area contributed by atoms with Crippen LogP contribution in [0.3, 0.4) is 0 Å². The van der Waals surface area contributed by atoms with Gasteiger partial charge in [0.25, 0.3) is 0 Å². The maximum Gasteiger partial charge on any atom is 0.405 e. The van der Waals surface area contributed by atoms with E-state index in [4.69, 9.17) is 10.2 Å². The van der Waals surface area contributed by atoms with Gasteiger partial charge in [0.1, 0.15) is 0 Å². The summed E-state index contributed by atoms with van der Waals surface area (Å²) in [5, 5.41) is 19.1. The van der Waals surface area contributed by atoms with Gasteiger partial charge < -0.3 is 20.8 Å². The fraction of sp³-hybridized carbons (Fsp3) is 0.909. The summed E-state index contributed by atoms with van der Waals surface area (Å²) in [6, 6.07) is 0. The normalized spacial score (nSPS) is 15.3. The van der Waals surface area contributed by atoms with Crippen molar-refractivity contribution in [1.29, 1.82) is 0 Å². The zero-order valence-electron chi connectivity index (χ0n) is 24.4. The average Bonchev–Trinajstić information content (AvgIpc) is 2.92. The van der Waals surface area contributed by atoms with E-state index in [1.807, 2.05) is 0 Å². The van der Waals surface area contributed by atoms with E-state index in [0.717, 1.165) is 0 Å². The minimum absolute atomic E-state index is 0.215. The first-order valence-corrected chi connectivity index (χ1v) is 13.0. The van der Waals surface area contributed by atoms with Crippen molar-refractivity contribution in [1.82, 2.24) is 10.6 Å². The van der Waals surface area contributed by atoms with Gasteiger partial charge in [0.05, 0.1) is 5.54 Å². The number of nitrogens with one attached hydrogen (secondary N) is 2. The molecule has 0 heterocycles. The Morgan fingerprint density at radius 2 is 0.788 bits per heavy atom. The Balaban J connectivity index is 7.57. The fourth-order valence-electron chi connectivity index (χ4n) is 4.20. The molecule has 0 aliphatic carbocycles. The van der Waals surface area contributed by atoms with Gasteiger partial charge in [0, 0.05) is 19.4 Å². The van der Waals surface area contributed by atoms with Crippen molar-refractivity contribution in [3.63, 3.8) is 0 Å². The SMILES string of the molecule is O=C(O)NCCCCCC(CC(F)(F)C(F)(F)C(F)(F)C(F)(F)C(F)(F)C(F)F)(CC(F)(F)C(F)(F)C(F)(F)C(F)(F)C(F)(F)C(F)F)NC(=O)O. The Labute approximate surface area is 271 Å². The first kappa shape index (κ1) is 48.9. The number of carbonyl (C=O) groups is 2. The molecule has 0 unspecified atom stereocenters. The molecule has 0 aromatic carbocycles. The number of halogens is 24. The molecular weight excluding hydrogens is 812 g/mol. The number of carboxylic acid groups (broad SMARTS) is 2. The second kappa shape index (κ2) is 14.9. The molecule has 52 heavy (non-hydrogen) atoms. The van der Waals surface area contributed by atoms with E-state index in [1.54, 1.807) is 0 Å². The van der Waals surface area contributed by atoms with Crippen LogP contribution in [0, 0.1) is 0 Å². The summed E-state index contributed by atoms with van der Waals surface area (Å²) in [7, 11) is 0. The van der Waals surface area contributed by atoms with Crippen LogP contribution in [0.1, 0.15) is 38.5 Å². The fourth-order valence-corrected chi connectivity index (χ4v) is 4.20. The molecule has 0 saturated carbocycles. The van der Waals surface area contributed by atoms with Crippen LogP contribution in [-0.2, 0) is 0 Å². The third kappa shape index (κ3) is 8.47. The molecule has 0 aromatic rings. The quantitative estimate of drug-likeness (QED) is 0.0685. The van der Waals surface area contributed by atoms with E-state index in [-0.39, 0.29) is 5.32 Å². The zero-order valence-corrected chi connectivity index (χ0v) is 24.4. The molecule has 6 nitrogen and oxygen atoms in total. The van der Waals surface area contributed by atoms with Crippen LogP contribution in [0.25, 0.3) is 0 Å². The Morgan fingerprint density at radius 1 is 0.462 bits per heavy atom. The molecule has 0 saturated heterocycles. The summed E-state index contributed by atoms with van der Waals surface area (Å²) in [5.41, 5.74) is -5.00. The maximum atomic E-state index is 14.8. The molecule has 0 rings (SSSR count). The van der Waals surface area contributed by atoms with Crippen LogP contribution >= 0.6 is 0 Å². The second-order valence-corrected chi connectivity index (χ2v) is 10.8. The maximum absolute atomic E-state index is 14.8. The third-order valence-corrected chi connectivity index (χ3v) is 6.98. The van der Waals surface area contributed by atoms with E-state index in [0.29, 0.717) is 0 Å². The molecule has 30 heteroatoms. The third-order valence-electron chi connectivity index (χ3n) is 6.98. The Kier molecular flexibility index (Phi) is 14.0. The predicted molar refractivity (Wildman–Crippen MR) is 119 cm³/mol. The monoisotopic (exact) mass is 832 g/mol. The molecule has 4 N–H and O–H groups in total. The van der Waals surface area contributed by atoms with Crippen molar-refractivity contribution in [3.05, 3.63) is 0 Å². The summed E-state index contributed by atoms with van der Waals surface area (Å²) in [6.07, 6.45) is -31.0. The van der Waals surface area contributed by atoms with Gasteiger partial charge in [0.2, 0.25) is 0 Å². The predicted octanol–water partition coefficient (Wildman–Crippen LogP) is 9.48. The molecule has 0 aliphatic rings. The minimum Gasteiger partial charge on any atom is -0.465 e. The second-order valence-electron chi connectivity index (χ2n) is 10.8. The zero-order chi connectivity index (χ0) is 42.2. The van der Waals surface area contributed by atoms with Gasteiger partial charge in [-0.05, 0) is 12.8 Å². The average molecular weight is 832 g/mol. The molecule has 310 valence electrons. The Morgan fingerprint density at radius 3 is 1.06 bits per heavy atom. The van der Waals surface area contributed by atoms with Gasteiger partial charge in [-0.3, -0.25) is 0 Å². The highest BCUT2D eigenvalue weighted by atomic mass is 19.4. The summed E-state index contributed by atoms with van der Waals surface area (Å²) in [5.74, 6) is -80.6. The van der Waals surface area contributed by atoms with E-state index >= 15 is 0 Å². The smallest absolute Gasteiger partial charge is 0.405 e. The lowest BCUT2D eigenvalue weighted by atomic mass is 9.76. The first-order valence-electron chi connectivity index (χ1n) is 13.0. The van der Waals surface area contributed by atoms with Crippen LogP contribution in [0.2, 0.25) is 0 Å². The van der Waals surface area contributed by atoms with Crippen LogP contribution in [0.5, 0.6) is 0 Å². The molecule has 0 spiro atoms. The highest BCUT2D eigenvalue weighted by Crippen LogP contribution is 2.62. The van der Waals surface area contributed by atoms with Gasteiger partial charge in [-0.2, -0.15) is 87.8 Å². The topological polar surface area (TPSA) is 98.7 Å². The molecule has 0 radical (unpaired) electrons. The van der Waals surface area contributed by atoms with Crippen molar-refractivity contribution in [3.8, 4) is 0 Å². The van der Waals surface area contributed by atoms with Crippen LogP contribution in [0.15, 0.2) is 0 Å². The van der Waals surface area contributed by atoms with E-state index in [1.165, 1.54) is 5.32 Å². The van der Waals surface area contributed by atoms with Crippen molar-refractivity contribution < 1.29 is 125 Å². The Bertz CT molecular complexity index is 1170. The van der Waals surface area contributed by atoms with Crippen molar-refractivity contribution >= 4 is 12.2 Å². The van der Waals surface area contributed by atoms with Crippen LogP contribution in [0.4, 0.5) is 115 Å². The number of alkyl halides is 24. The number of hydrogen-bond acceptors (Lipinski definition) is 2. The van der Waals surface area contributed by atoms with Crippen LogP contribution in [-0.4, -0.2) is 107 Å². The molecule has 2 amide bonds. The number of rotatable bonds is 21. The lowest BCUT2D eigenvalue weighted by Gasteiger charge is -2.45. The summed E-state index contributed by atoms with van der Waals surface area (Å²) in [4.78, 5) is 21.7. The standard InChI is InChI=1S/C22H20F24N2O4/c23-8(24)15(31,32)19(39,40)21(43,44)17(35,36)13(27,28)6-12(48-11(51)52,4-2-1-3-5-47-10(49)50)7-14(29,30)18(37,38)22(45,46)20(41,42)16(33,34)9(25)26/h8-9,47-48H,1-7H2,(H,49,50)(H,51,52). The van der Waals surface area contributed by atoms with Gasteiger partial charge >= 0.3 is 84.3 Å². The van der Waals surface area contributed by atoms with Crippen molar-refractivity contribution in [2.75, 3.05) is 6.54 Å². The highest BCUT2D eigenvalue weighted by Gasteiger charge is 2.90. The van der Waals surface area contributed by atoms with Crippen molar-refractivity contribution in [2.45, 2.75) is 116 Å². The molecule has 0 fully saturated rings. The lowest BCUT2D eigenvalue weighted by Crippen LogP contribution is -2.71. The molecule has 0 aliphatic heterocycles.